The third kappa shape index (κ3) is 3.75. The molecule has 0 aliphatic carbocycles. The molecule has 0 radical (unpaired) electrons. The van der Waals surface area contributed by atoms with Gasteiger partial charge in [-0.25, -0.2) is 0 Å². The molecule has 1 aromatic carbocycles. The van der Waals surface area contributed by atoms with Crippen LogP contribution in [0.3, 0.4) is 0 Å². The Hall–Kier alpha value is -1.55. The van der Waals surface area contributed by atoms with E-state index < -0.39 is 11.5 Å². The molecular formula is C13H19NO3. The number of benzene rings is 1. The maximum absolute atomic E-state index is 10.8. The van der Waals surface area contributed by atoms with Gasteiger partial charge < -0.3 is 15.6 Å². The zero-order valence-electron chi connectivity index (χ0n) is 10.3. The number of para-hydroxylation sites is 1. The summed E-state index contributed by atoms with van der Waals surface area (Å²) in [6, 6.07) is 7.73. The van der Waals surface area contributed by atoms with Gasteiger partial charge in [-0.15, -0.1) is 0 Å². The van der Waals surface area contributed by atoms with Crippen molar-refractivity contribution in [2.75, 3.05) is 6.61 Å². The van der Waals surface area contributed by atoms with Crippen molar-refractivity contribution < 1.29 is 14.6 Å². The lowest BCUT2D eigenvalue weighted by molar-refractivity contribution is -0.143. The molecule has 1 atom stereocenters. The van der Waals surface area contributed by atoms with Crippen LogP contribution in [-0.2, 0) is 11.2 Å². The van der Waals surface area contributed by atoms with E-state index in [-0.39, 0.29) is 6.42 Å². The van der Waals surface area contributed by atoms with Crippen LogP contribution < -0.4 is 10.5 Å². The Morgan fingerprint density at radius 3 is 2.71 bits per heavy atom. The Labute approximate surface area is 101 Å². The van der Waals surface area contributed by atoms with E-state index in [9.17, 15) is 4.79 Å². The maximum atomic E-state index is 10.8. The van der Waals surface area contributed by atoms with Gasteiger partial charge in [0, 0.05) is 6.42 Å². The Bertz CT molecular complexity index is 388. The van der Waals surface area contributed by atoms with Crippen molar-refractivity contribution in [1.29, 1.82) is 0 Å². The Kier molecular flexibility index (Phi) is 4.52. The molecular weight excluding hydrogens is 218 g/mol. The van der Waals surface area contributed by atoms with Crippen LogP contribution in [0.5, 0.6) is 5.75 Å². The first-order valence-corrected chi connectivity index (χ1v) is 5.70. The van der Waals surface area contributed by atoms with E-state index in [1.54, 1.807) is 0 Å². The summed E-state index contributed by atoms with van der Waals surface area (Å²) < 4.78 is 5.57. The molecule has 0 aliphatic heterocycles. The number of aliphatic carboxylic acids is 1. The van der Waals surface area contributed by atoms with E-state index in [2.05, 4.69) is 0 Å². The summed E-state index contributed by atoms with van der Waals surface area (Å²) in [6.07, 6.45) is 1.16. The highest BCUT2D eigenvalue weighted by atomic mass is 16.5. The van der Waals surface area contributed by atoms with Crippen LogP contribution in [0.4, 0.5) is 0 Å². The smallest absolute Gasteiger partial charge is 0.323 e. The molecule has 4 nitrogen and oxygen atoms in total. The minimum atomic E-state index is -1.23. The van der Waals surface area contributed by atoms with Crippen molar-refractivity contribution >= 4 is 5.97 Å². The van der Waals surface area contributed by atoms with Crippen molar-refractivity contribution in [3.05, 3.63) is 29.8 Å². The SMILES string of the molecule is CCc1ccccc1OCCC(C)(N)C(=O)O. The number of carboxylic acids is 1. The molecule has 17 heavy (non-hydrogen) atoms. The minimum absolute atomic E-state index is 0.278. The zero-order chi connectivity index (χ0) is 12.9. The molecule has 0 bridgehead atoms. The lowest BCUT2D eigenvalue weighted by Gasteiger charge is -2.19. The Morgan fingerprint density at radius 1 is 1.47 bits per heavy atom. The normalized spacial score (nSPS) is 14.1. The average Bonchev–Trinajstić information content (AvgIpc) is 2.29. The Morgan fingerprint density at radius 2 is 2.12 bits per heavy atom. The van der Waals surface area contributed by atoms with Crippen molar-refractivity contribution in [1.82, 2.24) is 0 Å². The largest absolute Gasteiger partial charge is 0.493 e. The van der Waals surface area contributed by atoms with Crippen molar-refractivity contribution in [2.45, 2.75) is 32.2 Å². The number of ether oxygens (including phenoxy) is 1. The van der Waals surface area contributed by atoms with Crippen LogP contribution in [0.2, 0.25) is 0 Å². The van der Waals surface area contributed by atoms with Crippen molar-refractivity contribution in [3.8, 4) is 5.75 Å². The molecule has 1 aromatic rings. The highest BCUT2D eigenvalue weighted by Crippen LogP contribution is 2.19. The lowest BCUT2D eigenvalue weighted by atomic mass is 10.0. The molecule has 0 aromatic heterocycles. The van der Waals surface area contributed by atoms with Crippen molar-refractivity contribution in [3.63, 3.8) is 0 Å². The topological polar surface area (TPSA) is 72.5 Å². The quantitative estimate of drug-likeness (QED) is 0.791. The summed E-state index contributed by atoms with van der Waals surface area (Å²) in [7, 11) is 0. The van der Waals surface area contributed by atoms with Gasteiger partial charge in [-0.2, -0.15) is 0 Å². The maximum Gasteiger partial charge on any atom is 0.323 e. The van der Waals surface area contributed by atoms with E-state index in [1.165, 1.54) is 6.92 Å². The third-order valence-corrected chi connectivity index (χ3v) is 2.72. The monoisotopic (exact) mass is 237 g/mol. The molecule has 3 N–H and O–H groups in total. The number of carbonyl (C=O) groups is 1. The van der Waals surface area contributed by atoms with Gasteiger partial charge in [0.25, 0.3) is 0 Å². The highest BCUT2D eigenvalue weighted by molar-refractivity contribution is 5.77. The number of rotatable bonds is 6. The van der Waals surface area contributed by atoms with E-state index in [4.69, 9.17) is 15.6 Å². The summed E-state index contributed by atoms with van der Waals surface area (Å²) in [6.45, 7) is 3.84. The molecule has 0 saturated heterocycles. The van der Waals surface area contributed by atoms with Gasteiger partial charge in [0.1, 0.15) is 11.3 Å². The predicted octanol–water partition coefficient (Wildman–Crippen LogP) is 1.82. The number of hydrogen-bond donors (Lipinski definition) is 2. The number of carboxylic acid groups (broad SMARTS) is 1. The van der Waals surface area contributed by atoms with Gasteiger partial charge in [0.2, 0.25) is 0 Å². The lowest BCUT2D eigenvalue weighted by Crippen LogP contribution is -2.45. The first kappa shape index (κ1) is 13.5. The molecule has 0 aliphatic rings. The second-order valence-corrected chi connectivity index (χ2v) is 4.28. The van der Waals surface area contributed by atoms with Crippen LogP contribution in [0.25, 0.3) is 0 Å². The van der Waals surface area contributed by atoms with E-state index in [1.807, 2.05) is 31.2 Å². The summed E-state index contributed by atoms with van der Waals surface area (Å²) >= 11 is 0. The van der Waals surface area contributed by atoms with Crippen LogP contribution in [0.15, 0.2) is 24.3 Å². The van der Waals surface area contributed by atoms with Gasteiger partial charge in [-0.05, 0) is 25.0 Å². The van der Waals surface area contributed by atoms with Gasteiger partial charge in [-0.1, -0.05) is 25.1 Å². The number of aryl methyl sites for hydroxylation is 1. The molecule has 0 spiro atoms. The van der Waals surface area contributed by atoms with E-state index in [0.717, 1.165) is 17.7 Å². The zero-order valence-corrected chi connectivity index (χ0v) is 10.3. The molecule has 1 unspecified atom stereocenters. The van der Waals surface area contributed by atoms with Gasteiger partial charge in [0.05, 0.1) is 6.61 Å². The molecule has 0 saturated carbocycles. The summed E-state index contributed by atoms with van der Waals surface area (Å²) in [5, 5.41) is 8.86. The summed E-state index contributed by atoms with van der Waals surface area (Å²) in [4.78, 5) is 10.8. The molecule has 1 rings (SSSR count). The standard InChI is InChI=1S/C13H19NO3/c1-3-10-6-4-5-7-11(10)17-9-8-13(2,14)12(15)16/h4-7H,3,8-9,14H2,1-2H3,(H,15,16). The van der Waals surface area contributed by atoms with Crippen molar-refractivity contribution in [2.24, 2.45) is 5.73 Å². The first-order valence-electron chi connectivity index (χ1n) is 5.70. The van der Waals surface area contributed by atoms with E-state index in [0.29, 0.717) is 6.61 Å². The minimum Gasteiger partial charge on any atom is -0.493 e. The van der Waals surface area contributed by atoms with Gasteiger partial charge in [0.15, 0.2) is 0 Å². The van der Waals surface area contributed by atoms with Crippen LogP contribution in [-0.4, -0.2) is 23.2 Å². The van der Waals surface area contributed by atoms with E-state index >= 15 is 0 Å². The summed E-state index contributed by atoms with van der Waals surface area (Å²) in [5.41, 5.74) is 5.49. The van der Waals surface area contributed by atoms with Gasteiger partial charge >= 0.3 is 5.97 Å². The number of nitrogens with two attached hydrogens (primary N) is 1. The number of hydrogen-bond acceptors (Lipinski definition) is 3. The summed E-state index contributed by atoms with van der Waals surface area (Å²) in [5.74, 6) is -0.207. The molecule has 0 heterocycles. The third-order valence-electron chi connectivity index (χ3n) is 2.72. The fraction of sp³-hybridized carbons (Fsp3) is 0.462. The van der Waals surface area contributed by atoms with Crippen LogP contribution in [0, 0.1) is 0 Å². The molecule has 4 heteroatoms. The fourth-order valence-electron chi connectivity index (χ4n) is 1.42. The predicted molar refractivity (Wildman–Crippen MR) is 66.2 cm³/mol. The van der Waals surface area contributed by atoms with Crippen LogP contribution >= 0.6 is 0 Å². The van der Waals surface area contributed by atoms with Crippen LogP contribution in [0.1, 0.15) is 25.8 Å². The van der Waals surface area contributed by atoms with Gasteiger partial charge in [-0.3, -0.25) is 4.79 Å². The molecule has 94 valence electrons. The average molecular weight is 237 g/mol. The first-order chi connectivity index (χ1) is 7.97. The second-order valence-electron chi connectivity index (χ2n) is 4.28. The fourth-order valence-corrected chi connectivity index (χ4v) is 1.42. The molecule has 0 fully saturated rings. The Balaban J connectivity index is 2.54. The second kappa shape index (κ2) is 5.68. The molecule has 0 amide bonds. The highest BCUT2D eigenvalue weighted by Gasteiger charge is 2.27.